The zero-order valence-corrected chi connectivity index (χ0v) is 7.17. The summed E-state index contributed by atoms with van der Waals surface area (Å²) in [5.74, 6) is 0.0980. The highest BCUT2D eigenvalue weighted by Crippen LogP contribution is 2.15. The lowest BCUT2D eigenvalue weighted by molar-refractivity contribution is 0.460. The van der Waals surface area contributed by atoms with Crippen LogP contribution in [0.1, 0.15) is 33.1 Å². The van der Waals surface area contributed by atoms with E-state index in [0.29, 0.717) is 5.92 Å². The second-order valence-electron chi connectivity index (χ2n) is 2.94. The van der Waals surface area contributed by atoms with E-state index in [2.05, 4.69) is 13.8 Å². The summed E-state index contributed by atoms with van der Waals surface area (Å²) in [6, 6.07) is 3.96. The number of hydrogen-bond acceptors (Lipinski definition) is 2. The standard InChI is InChI=1S/C9H14N2/c1-3-4-8(2)5-9(6-10)7-11/h8-9H,3-5H2,1-2H3. The predicted molar refractivity (Wildman–Crippen MR) is 43.4 cm³/mol. The van der Waals surface area contributed by atoms with Gasteiger partial charge in [0.1, 0.15) is 5.92 Å². The Hall–Kier alpha value is -1.02. The van der Waals surface area contributed by atoms with Gasteiger partial charge in [0.25, 0.3) is 0 Å². The smallest absolute Gasteiger partial charge is 0.133 e. The van der Waals surface area contributed by atoms with Crippen LogP contribution in [0.15, 0.2) is 0 Å². The normalized spacial score (nSPS) is 12.1. The zero-order chi connectivity index (χ0) is 8.69. The molecule has 1 unspecified atom stereocenters. The Morgan fingerprint density at radius 2 is 1.82 bits per heavy atom. The van der Waals surface area contributed by atoms with Crippen LogP contribution in [0.2, 0.25) is 0 Å². The van der Waals surface area contributed by atoms with Crippen LogP contribution in [-0.4, -0.2) is 0 Å². The van der Waals surface area contributed by atoms with Crippen molar-refractivity contribution < 1.29 is 0 Å². The molecule has 60 valence electrons. The van der Waals surface area contributed by atoms with E-state index >= 15 is 0 Å². The summed E-state index contributed by atoms with van der Waals surface area (Å²) < 4.78 is 0. The van der Waals surface area contributed by atoms with Gasteiger partial charge >= 0.3 is 0 Å². The van der Waals surface area contributed by atoms with Crippen LogP contribution in [0.25, 0.3) is 0 Å². The van der Waals surface area contributed by atoms with Crippen molar-refractivity contribution in [2.75, 3.05) is 0 Å². The molecule has 0 aromatic rings. The Labute approximate surface area is 68.4 Å². The molecule has 11 heavy (non-hydrogen) atoms. The average molecular weight is 150 g/mol. The fourth-order valence-corrected chi connectivity index (χ4v) is 1.15. The molecule has 0 N–H and O–H groups in total. The van der Waals surface area contributed by atoms with E-state index in [1.807, 2.05) is 12.1 Å². The van der Waals surface area contributed by atoms with Crippen molar-refractivity contribution >= 4 is 0 Å². The maximum absolute atomic E-state index is 8.47. The van der Waals surface area contributed by atoms with Crippen LogP contribution in [0, 0.1) is 34.5 Å². The lowest BCUT2D eigenvalue weighted by Gasteiger charge is -2.08. The van der Waals surface area contributed by atoms with Gasteiger partial charge in [-0.05, 0) is 12.3 Å². The third-order valence-electron chi connectivity index (χ3n) is 1.73. The van der Waals surface area contributed by atoms with Gasteiger partial charge in [-0.1, -0.05) is 26.7 Å². The molecule has 0 aliphatic carbocycles. The first-order valence-corrected chi connectivity index (χ1v) is 4.03. The largest absolute Gasteiger partial charge is 0.197 e. The van der Waals surface area contributed by atoms with Gasteiger partial charge in [-0.15, -0.1) is 0 Å². The minimum absolute atomic E-state index is 0.406. The summed E-state index contributed by atoms with van der Waals surface area (Å²) in [5, 5.41) is 16.9. The summed E-state index contributed by atoms with van der Waals surface area (Å²) in [7, 11) is 0. The van der Waals surface area contributed by atoms with E-state index < -0.39 is 5.92 Å². The molecule has 2 nitrogen and oxygen atoms in total. The zero-order valence-electron chi connectivity index (χ0n) is 7.17. The van der Waals surface area contributed by atoms with E-state index in [9.17, 15) is 0 Å². The SMILES string of the molecule is CCCC(C)CC(C#N)C#N. The molecular formula is C9H14N2. The molecule has 0 saturated heterocycles. The fraction of sp³-hybridized carbons (Fsp3) is 0.778. The maximum Gasteiger partial charge on any atom is 0.133 e. The molecule has 0 spiro atoms. The Bertz CT molecular complexity index is 159. The van der Waals surface area contributed by atoms with E-state index in [1.54, 1.807) is 0 Å². The molecule has 0 aromatic carbocycles. The van der Waals surface area contributed by atoms with E-state index in [-0.39, 0.29) is 0 Å². The van der Waals surface area contributed by atoms with Gasteiger partial charge in [-0.25, -0.2) is 0 Å². The van der Waals surface area contributed by atoms with Crippen molar-refractivity contribution in [2.45, 2.75) is 33.1 Å². The van der Waals surface area contributed by atoms with Crippen LogP contribution in [0.5, 0.6) is 0 Å². The Morgan fingerprint density at radius 3 is 2.18 bits per heavy atom. The molecule has 0 aromatic heterocycles. The lowest BCUT2D eigenvalue weighted by atomic mass is 9.94. The minimum atomic E-state index is -0.406. The molecule has 0 aliphatic heterocycles. The van der Waals surface area contributed by atoms with Gasteiger partial charge in [-0.2, -0.15) is 10.5 Å². The number of nitrogens with zero attached hydrogens (tertiary/aromatic N) is 2. The second kappa shape index (κ2) is 5.74. The minimum Gasteiger partial charge on any atom is -0.197 e. The number of hydrogen-bond donors (Lipinski definition) is 0. The lowest BCUT2D eigenvalue weighted by Crippen LogP contribution is -2.01. The van der Waals surface area contributed by atoms with Gasteiger partial charge in [0.15, 0.2) is 0 Å². The van der Waals surface area contributed by atoms with Crippen molar-refractivity contribution in [3.63, 3.8) is 0 Å². The third kappa shape index (κ3) is 4.39. The summed E-state index contributed by atoms with van der Waals surface area (Å²) in [4.78, 5) is 0. The van der Waals surface area contributed by atoms with Crippen LogP contribution in [0.3, 0.4) is 0 Å². The molecule has 2 heteroatoms. The molecule has 0 bridgehead atoms. The summed E-state index contributed by atoms with van der Waals surface area (Å²) in [6.45, 7) is 4.20. The Kier molecular flexibility index (Phi) is 5.21. The second-order valence-corrected chi connectivity index (χ2v) is 2.94. The highest BCUT2D eigenvalue weighted by atomic mass is 14.3. The van der Waals surface area contributed by atoms with Crippen molar-refractivity contribution in [1.29, 1.82) is 10.5 Å². The van der Waals surface area contributed by atoms with Crippen molar-refractivity contribution in [2.24, 2.45) is 11.8 Å². The Balaban J connectivity index is 3.67. The van der Waals surface area contributed by atoms with Crippen molar-refractivity contribution in [3.8, 4) is 12.1 Å². The quantitative estimate of drug-likeness (QED) is 0.618. The van der Waals surface area contributed by atoms with E-state index in [0.717, 1.165) is 19.3 Å². The van der Waals surface area contributed by atoms with Crippen LogP contribution in [-0.2, 0) is 0 Å². The van der Waals surface area contributed by atoms with Gasteiger partial charge in [0.05, 0.1) is 12.1 Å². The van der Waals surface area contributed by atoms with E-state index in [4.69, 9.17) is 10.5 Å². The van der Waals surface area contributed by atoms with E-state index in [1.165, 1.54) is 0 Å². The molecule has 0 radical (unpaired) electrons. The third-order valence-corrected chi connectivity index (χ3v) is 1.73. The van der Waals surface area contributed by atoms with Crippen LogP contribution in [0.4, 0.5) is 0 Å². The summed E-state index contributed by atoms with van der Waals surface area (Å²) in [6.07, 6.45) is 2.96. The molecule has 0 saturated carbocycles. The van der Waals surface area contributed by atoms with Gasteiger partial charge in [0, 0.05) is 0 Å². The molecule has 0 fully saturated rings. The molecule has 0 rings (SSSR count). The van der Waals surface area contributed by atoms with Gasteiger partial charge in [0.2, 0.25) is 0 Å². The highest BCUT2D eigenvalue weighted by Gasteiger charge is 2.10. The fourth-order valence-electron chi connectivity index (χ4n) is 1.15. The molecular weight excluding hydrogens is 136 g/mol. The number of rotatable bonds is 4. The molecule has 1 atom stereocenters. The Morgan fingerprint density at radius 1 is 1.27 bits per heavy atom. The van der Waals surface area contributed by atoms with Gasteiger partial charge in [-0.3, -0.25) is 0 Å². The molecule has 0 heterocycles. The average Bonchev–Trinajstić information content (AvgIpc) is 2.01. The van der Waals surface area contributed by atoms with Crippen molar-refractivity contribution in [3.05, 3.63) is 0 Å². The maximum atomic E-state index is 8.47. The van der Waals surface area contributed by atoms with Crippen molar-refractivity contribution in [1.82, 2.24) is 0 Å². The topological polar surface area (TPSA) is 47.6 Å². The van der Waals surface area contributed by atoms with Gasteiger partial charge < -0.3 is 0 Å². The molecule has 0 aliphatic rings. The first-order valence-electron chi connectivity index (χ1n) is 4.03. The predicted octanol–water partition coefficient (Wildman–Crippen LogP) is 2.48. The van der Waals surface area contributed by atoms with Crippen LogP contribution >= 0.6 is 0 Å². The number of nitriles is 2. The monoisotopic (exact) mass is 150 g/mol. The molecule has 0 amide bonds. The summed E-state index contributed by atoms with van der Waals surface area (Å²) >= 11 is 0. The van der Waals surface area contributed by atoms with Crippen LogP contribution < -0.4 is 0 Å². The highest BCUT2D eigenvalue weighted by molar-refractivity contribution is 4.99. The summed E-state index contributed by atoms with van der Waals surface area (Å²) in [5.41, 5.74) is 0. The first kappa shape index (κ1) is 9.98. The first-order chi connectivity index (χ1) is 5.24.